The molecule has 1 aliphatic rings. The second kappa shape index (κ2) is 11.3. The number of aromatic nitrogens is 2. The standard InChI is InChI=1S/C25H29N5O4S/c1-17(2)24(32)30-14-12-29(13-15-30)19-10-8-18(9-11-19)26-22(31)16-35-25-28-27-23(34-25)20-6-4-5-7-21(20)33-3/h4-11,17H,12-16H2,1-3H3,(H,26,31). The highest BCUT2D eigenvalue weighted by atomic mass is 32.2. The van der Waals surface area contributed by atoms with Crippen LogP contribution in [-0.4, -0.2) is 66.0 Å². The lowest BCUT2D eigenvalue weighted by Gasteiger charge is -2.37. The number of hydrogen-bond acceptors (Lipinski definition) is 8. The number of anilines is 2. The molecule has 4 rings (SSSR count). The third-order valence-corrected chi connectivity index (χ3v) is 6.49. The van der Waals surface area contributed by atoms with Crippen LogP contribution in [0.2, 0.25) is 0 Å². The predicted octanol–water partition coefficient (Wildman–Crippen LogP) is 3.78. The number of para-hydroxylation sites is 1. The SMILES string of the molecule is COc1ccccc1-c1nnc(SCC(=O)Nc2ccc(N3CCN(C(=O)C(C)C)CC3)cc2)o1. The van der Waals surface area contributed by atoms with E-state index in [9.17, 15) is 9.59 Å². The van der Waals surface area contributed by atoms with Gasteiger partial charge in [0.25, 0.3) is 11.1 Å². The van der Waals surface area contributed by atoms with Gasteiger partial charge < -0.3 is 24.3 Å². The number of ether oxygens (including phenoxy) is 1. The lowest BCUT2D eigenvalue weighted by molar-refractivity contribution is -0.134. The zero-order valence-electron chi connectivity index (χ0n) is 20.1. The topological polar surface area (TPSA) is 101 Å². The number of nitrogens with zero attached hydrogens (tertiary/aromatic N) is 4. The van der Waals surface area contributed by atoms with Crippen molar-refractivity contribution in [3.05, 3.63) is 48.5 Å². The highest BCUT2D eigenvalue weighted by molar-refractivity contribution is 7.99. The summed E-state index contributed by atoms with van der Waals surface area (Å²) >= 11 is 1.17. The molecule has 35 heavy (non-hydrogen) atoms. The molecule has 2 amide bonds. The molecule has 1 aliphatic heterocycles. The van der Waals surface area contributed by atoms with Crippen LogP contribution in [0.15, 0.2) is 58.2 Å². The number of nitrogens with one attached hydrogen (secondary N) is 1. The van der Waals surface area contributed by atoms with E-state index in [1.807, 2.05) is 67.3 Å². The molecule has 0 spiro atoms. The second-order valence-corrected chi connectivity index (χ2v) is 9.35. The highest BCUT2D eigenvalue weighted by Gasteiger charge is 2.23. The molecule has 0 saturated carbocycles. The summed E-state index contributed by atoms with van der Waals surface area (Å²) in [6, 6.07) is 15.1. The van der Waals surface area contributed by atoms with E-state index in [2.05, 4.69) is 20.4 Å². The van der Waals surface area contributed by atoms with Crippen LogP contribution < -0.4 is 15.0 Å². The van der Waals surface area contributed by atoms with E-state index >= 15 is 0 Å². The monoisotopic (exact) mass is 495 g/mol. The van der Waals surface area contributed by atoms with Gasteiger partial charge in [-0.3, -0.25) is 9.59 Å². The van der Waals surface area contributed by atoms with Crippen molar-refractivity contribution in [1.82, 2.24) is 15.1 Å². The van der Waals surface area contributed by atoms with E-state index in [1.54, 1.807) is 7.11 Å². The fourth-order valence-electron chi connectivity index (χ4n) is 3.83. The van der Waals surface area contributed by atoms with Crippen molar-refractivity contribution >= 4 is 35.0 Å². The number of piperazine rings is 1. The highest BCUT2D eigenvalue weighted by Crippen LogP contribution is 2.30. The van der Waals surface area contributed by atoms with Crippen LogP contribution in [0, 0.1) is 5.92 Å². The third kappa shape index (κ3) is 6.13. The number of thioether (sulfide) groups is 1. The molecule has 1 N–H and O–H groups in total. The number of carbonyl (C=O) groups excluding carboxylic acids is 2. The van der Waals surface area contributed by atoms with Crippen molar-refractivity contribution in [1.29, 1.82) is 0 Å². The zero-order valence-corrected chi connectivity index (χ0v) is 20.9. The van der Waals surface area contributed by atoms with E-state index in [0.29, 0.717) is 28.1 Å². The predicted molar refractivity (Wildman–Crippen MR) is 136 cm³/mol. The summed E-state index contributed by atoms with van der Waals surface area (Å²) in [5.74, 6) is 1.19. The molecule has 0 radical (unpaired) electrons. The fraction of sp³-hybridized carbons (Fsp3) is 0.360. The number of carbonyl (C=O) groups is 2. The molecule has 1 fully saturated rings. The quantitative estimate of drug-likeness (QED) is 0.471. The number of benzene rings is 2. The van der Waals surface area contributed by atoms with Crippen molar-refractivity contribution < 1.29 is 18.7 Å². The van der Waals surface area contributed by atoms with Crippen molar-refractivity contribution in [3.8, 4) is 17.2 Å². The molecule has 3 aromatic rings. The average Bonchev–Trinajstić information content (AvgIpc) is 3.36. The molecule has 0 atom stereocenters. The maximum atomic E-state index is 12.4. The summed E-state index contributed by atoms with van der Waals surface area (Å²) in [6.07, 6.45) is 0. The van der Waals surface area contributed by atoms with Crippen LogP contribution >= 0.6 is 11.8 Å². The van der Waals surface area contributed by atoms with E-state index in [4.69, 9.17) is 9.15 Å². The normalized spacial score (nSPS) is 13.7. The van der Waals surface area contributed by atoms with Crippen molar-refractivity contribution in [3.63, 3.8) is 0 Å². The summed E-state index contributed by atoms with van der Waals surface area (Å²) in [5, 5.41) is 11.3. The van der Waals surface area contributed by atoms with Gasteiger partial charge in [-0.1, -0.05) is 37.7 Å². The van der Waals surface area contributed by atoms with E-state index in [0.717, 1.165) is 31.9 Å². The third-order valence-electron chi connectivity index (χ3n) is 5.67. The number of amides is 2. The number of hydrogen-bond donors (Lipinski definition) is 1. The summed E-state index contributed by atoms with van der Waals surface area (Å²) < 4.78 is 11.0. The maximum absolute atomic E-state index is 12.4. The Morgan fingerprint density at radius 2 is 1.77 bits per heavy atom. The van der Waals surface area contributed by atoms with Gasteiger partial charge in [-0.15, -0.1) is 10.2 Å². The minimum Gasteiger partial charge on any atom is -0.496 e. The Kier molecular flexibility index (Phi) is 7.91. The van der Waals surface area contributed by atoms with Crippen LogP contribution in [-0.2, 0) is 9.59 Å². The molecule has 0 aliphatic carbocycles. The van der Waals surface area contributed by atoms with Crippen molar-refractivity contribution in [2.24, 2.45) is 5.92 Å². The largest absolute Gasteiger partial charge is 0.496 e. The zero-order chi connectivity index (χ0) is 24.8. The first kappa shape index (κ1) is 24.6. The van der Waals surface area contributed by atoms with Crippen LogP contribution in [0.1, 0.15) is 13.8 Å². The molecule has 0 unspecified atom stereocenters. The van der Waals surface area contributed by atoms with E-state index < -0.39 is 0 Å². The molecular weight excluding hydrogens is 466 g/mol. The fourth-order valence-corrected chi connectivity index (χ4v) is 4.39. The molecule has 2 heterocycles. The van der Waals surface area contributed by atoms with Crippen LogP contribution in [0.4, 0.5) is 11.4 Å². The lowest BCUT2D eigenvalue weighted by atomic mass is 10.1. The summed E-state index contributed by atoms with van der Waals surface area (Å²) in [7, 11) is 1.58. The van der Waals surface area contributed by atoms with Gasteiger partial charge >= 0.3 is 0 Å². The van der Waals surface area contributed by atoms with Crippen molar-refractivity contribution in [2.75, 3.05) is 49.3 Å². The molecule has 0 bridgehead atoms. The first-order chi connectivity index (χ1) is 16.9. The number of rotatable bonds is 8. The van der Waals surface area contributed by atoms with Crippen LogP contribution in [0.25, 0.3) is 11.5 Å². The first-order valence-electron chi connectivity index (χ1n) is 11.5. The van der Waals surface area contributed by atoms with Gasteiger partial charge in [0.1, 0.15) is 5.75 Å². The molecule has 184 valence electrons. The van der Waals surface area contributed by atoms with E-state index in [-0.39, 0.29) is 23.5 Å². The molecule has 10 heteroatoms. The van der Waals surface area contributed by atoms with E-state index in [1.165, 1.54) is 11.8 Å². The molecule has 1 saturated heterocycles. The Hall–Kier alpha value is -3.53. The first-order valence-corrected chi connectivity index (χ1v) is 12.5. The van der Waals surface area contributed by atoms with Crippen molar-refractivity contribution in [2.45, 2.75) is 19.1 Å². The van der Waals surface area contributed by atoms with Crippen LogP contribution in [0.3, 0.4) is 0 Å². The van der Waals surface area contributed by atoms with Gasteiger partial charge in [0.2, 0.25) is 11.8 Å². The van der Waals surface area contributed by atoms with Gasteiger partial charge in [0.15, 0.2) is 0 Å². The van der Waals surface area contributed by atoms with Gasteiger partial charge in [-0.25, -0.2) is 0 Å². The van der Waals surface area contributed by atoms with Crippen LogP contribution in [0.5, 0.6) is 5.75 Å². The van der Waals surface area contributed by atoms with Gasteiger partial charge in [0.05, 0.1) is 18.4 Å². The Balaban J connectivity index is 1.26. The van der Waals surface area contributed by atoms with Gasteiger partial charge in [-0.05, 0) is 36.4 Å². The number of methoxy groups -OCH3 is 1. The summed E-state index contributed by atoms with van der Waals surface area (Å²) in [4.78, 5) is 28.8. The Morgan fingerprint density at radius 3 is 2.46 bits per heavy atom. The van der Waals surface area contributed by atoms with Gasteiger partial charge in [0, 0.05) is 43.5 Å². The molecule has 2 aromatic carbocycles. The minimum atomic E-state index is -0.166. The smallest absolute Gasteiger partial charge is 0.277 e. The molecule has 1 aromatic heterocycles. The Bertz CT molecular complexity index is 1160. The summed E-state index contributed by atoms with van der Waals surface area (Å²) in [6.45, 7) is 6.90. The Labute approximate surface area is 208 Å². The average molecular weight is 496 g/mol. The second-order valence-electron chi connectivity index (χ2n) is 8.42. The Morgan fingerprint density at radius 1 is 1.06 bits per heavy atom. The lowest BCUT2D eigenvalue weighted by Crippen LogP contribution is -2.49. The maximum Gasteiger partial charge on any atom is 0.277 e. The van der Waals surface area contributed by atoms with Gasteiger partial charge in [-0.2, -0.15) is 0 Å². The molecule has 9 nitrogen and oxygen atoms in total. The minimum absolute atomic E-state index is 0.0249. The summed E-state index contributed by atoms with van der Waals surface area (Å²) in [5.41, 5.74) is 2.49. The molecular formula is C25H29N5O4S.